The SMILES string of the molecule is Cc1ccc(CNc2ccc(OC(C)C)c(Cl)c2)c(C)c1. The van der Waals surface area contributed by atoms with Crippen LogP contribution in [-0.2, 0) is 6.54 Å². The van der Waals surface area contributed by atoms with Crippen molar-refractivity contribution in [2.24, 2.45) is 0 Å². The summed E-state index contributed by atoms with van der Waals surface area (Å²) >= 11 is 6.24. The first-order chi connectivity index (χ1) is 9.95. The Morgan fingerprint density at radius 3 is 2.48 bits per heavy atom. The molecule has 0 bridgehead atoms. The largest absolute Gasteiger partial charge is 0.489 e. The van der Waals surface area contributed by atoms with Crippen LogP contribution in [0.3, 0.4) is 0 Å². The van der Waals surface area contributed by atoms with Crippen LogP contribution in [0, 0.1) is 13.8 Å². The molecule has 2 aromatic rings. The lowest BCUT2D eigenvalue weighted by molar-refractivity contribution is 0.242. The van der Waals surface area contributed by atoms with Crippen molar-refractivity contribution in [3.63, 3.8) is 0 Å². The molecule has 1 N–H and O–H groups in total. The molecule has 0 saturated carbocycles. The number of rotatable bonds is 5. The molecule has 0 heterocycles. The predicted octanol–water partition coefficient (Wildman–Crippen LogP) is 5.36. The molecule has 0 spiro atoms. The fourth-order valence-corrected chi connectivity index (χ4v) is 2.43. The Morgan fingerprint density at radius 1 is 1.10 bits per heavy atom. The van der Waals surface area contributed by atoms with Gasteiger partial charge in [0.15, 0.2) is 0 Å². The molecule has 0 aliphatic carbocycles. The minimum atomic E-state index is 0.122. The lowest BCUT2D eigenvalue weighted by Crippen LogP contribution is -2.06. The van der Waals surface area contributed by atoms with E-state index in [-0.39, 0.29) is 6.10 Å². The van der Waals surface area contributed by atoms with Gasteiger partial charge in [-0.2, -0.15) is 0 Å². The number of halogens is 1. The van der Waals surface area contributed by atoms with Crippen LogP contribution in [0.1, 0.15) is 30.5 Å². The van der Waals surface area contributed by atoms with Crippen LogP contribution < -0.4 is 10.1 Å². The zero-order chi connectivity index (χ0) is 15.4. The van der Waals surface area contributed by atoms with Gasteiger partial charge in [0.25, 0.3) is 0 Å². The van der Waals surface area contributed by atoms with E-state index in [4.69, 9.17) is 16.3 Å². The van der Waals surface area contributed by atoms with Crippen LogP contribution in [0.2, 0.25) is 5.02 Å². The summed E-state index contributed by atoms with van der Waals surface area (Å²) in [5.74, 6) is 0.726. The van der Waals surface area contributed by atoms with Crippen LogP contribution in [0.5, 0.6) is 5.75 Å². The topological polar surface area (TPSA) is 21.3 Å². The molecule has 112 valence electrons. The van der Waals surface area contributed by atoms with Crippen LogP contribution >= 0.6 is 11.6 Å². The van der Waals surface area contributed by atoms with Crippen molar-refractivity contribution < 1.29 is 4.74 Å². The Kier molecular flexibility index (Phi) is 5.13. The van der Waals surface area contributed by atoms with Gasteiger partial charge in [0.1, 0.15) is 5.75 Å². The molecule has 2 rings (SSSR count). The van der Waals surface area contributed by atoms with Crippen molar-refractivity contribution in [3.8, 4) is 5.75 Å². The van der Waals surface area contributed by atoms with Crippen molar-refractivity contribution >= 4 is 17.3 Å². The highest BCUT2D eigenvalue weighted by Gasteiger charge is 2.05. The van der Waals surface area contributed by atoms with E-state index in [0.29, 0.717) is 5.02 Å². The average Bonchev–Trinajstić information content (AvgIpc) is 2.40. The molecule has 0 aromatic heterocycles. The number of ether oxygens (including phenoxy) is 1. The molecular weight excluding hydrogens is 282 g/mol. The third-order valence-corrected chi connectivity index (χ3v) is 3.57. The van der Waals surface area contributed by atoms with Crippen molar-refractivity contribution in [1.82, 2.24) is 0 Å². The summed E-state index contributed by atoms with van der Waals surface area (Å²) < 4.78 is 5.64. The Bertz CT molecular complexity index is 623. The van der Waals surface area contributed by atoms with Crippen LogP contribution in [0.4, 0.5) is 5.69 Å². The minimum absolute atomic E-state index is 0.122. The quantitative estimate of drug-likeness (QED) is 0.803. The van der Waals surface area contributed by atoms with Crippen LogP contribution in [0.15, 0.2) is 36.4 Å². The maximum absolute atomic E-state index is 6.24. The van der Waals surface area contributed by atoms with Gasteiger partial charge in [-0.05, 0) is 57.0 Å². The third kappa shape index (κ3) is 4.40. The summed E-state index contributed by atoms with van der Waals surface area (Å²) in [6.07, 6.45) is 0.122. The summed E-state index contributed by atoms with van der Waals surface area (Å²) in [5, 5.41) is 4.04. The van der Waals surface area contributed by atoms with E-state index in [0.717, 1.165) is 18.0 Å². The average molecular weight is 304 g/mol. The van der Waals surface area contributed by atoms with Gasteiger partial charge in [0.2, 0.25) is 0 Å². The number of hydrogen-bond donors (Lipinski definition) is 1. The van der Waals surface area contributed by atoms with E-state index in [2.05, 4.69) is 37.4 Å². The first-order valence-corrected chi connectivity index (χ1v) is 7.59. The van der Waals surface area contributed by atoms with E-state index >= 15 is 0 Å². The smallest absolute Gasteiger partial charge is 0.138 e. The van der Waals surface area contributed by atoms with Crippen molar-refractivity contribution in [2.75, 3.05) is 5.32 Å². The summed E-state index contributed by atoms with van der Waals surface area (Å²) in [4.78, 5) is 0. The fraction of sp³-hybridized carbons (Fsp3) is 0.333. The summed E-state index contributed by atoms with van der Waals surface area (Å²) in [5.41, 5.74) is 4.87. The van der Waals surface area contributed by atoms with Crippen molar-refractivity contribution in [2.45, 2.75) is 40.3 Å². The molecule has 2 aromatic carbocycles. The number of hydrogen-bond acceptors (Lipinski definition) is 2. The molecule has 0 amide bonds. The maximum Gasteiger partial charge on any atom is 0.138 e. The Balaban J connectivity index is 2.05. The predicted molar refractivity (Wildman–Crippen MR) is 90.5 cm³/mol. The molecule has 2 nitrogen and oxygen atoms in total. The lowest BCUT2D eigenvalue weighted by atomic mass is 10.1. The molecule has 0 fully saturated rings. The highest BCUT2D eigenvalue weighted by Crippen LogP contribution is 2.28. The number of anilines is 1. The van der Waals surface area contributed by atoms with Crippen LogP contribution in [0.25, 0.3) is 0 Å². The Morgan fingerprint density at radius 2 is 1.86 bits per heavy atom. The van der Waals surface area contributed by atoms with Crippen LogP contribution in [-0.4, -0.2) is 6.10 Å². The number of aryl methyl sites for hydroxylation is 2. The van der Waals surface area contributed by atoms with Gasteiger partial charge in [0.05, 0.1) is 11.1 Å². The van der Waals surface area contributed by atoms with Crippen molar-refractivity contribution in [3.05, 3.63) is 58.1 Å². The molecular formula is C18H22ClNO. The molecule has 0 unspecified atom stereocenters. The maximum atomic E-state index is 6.24. The van der Waals surface area contributed by atoms with E-state index in [1.165, 1.54) is 16.7 Å². The Labute approximate surface area is 132 Å². The first kappa shape index (κ1) is 15.7. The Hall–Kier alpha value is -1.67. The second kappa shape index (κ2) is 6.86. The van der Waals surface area contributed by atoms with Gasteiger partial charge in [-0.15, -0.1) is 0 Å². The molecule has 0 saturated heterocycles. The third-order valence-electron chi connectivity index (χ3n) is 3.28. The number of nitrogens with one attached hydrogen (secondary N) is 1. The molecule has 0 radical (unpaired) electrons. The normalized spacial score (nSPS) is 10.8. The zero-order valence-corrected chi connectivity index (χ0v) is 13.8. The summed E-state index contributed by atoms with van der Waals surface area (Å²) in [7, 11) is 0. The number of benzene rings is 2. The van der Waals surface area contributed by atoms with Gasteiger partial charge in [-0.1, -0.05) is 35.4 Å². The van der Waals surface area contributed by atoms with E-state index in [9.17, 15) is 0 Å². The van der Waals surface area contributed by atoms with Gasteiger partial charge < -0.3 is 10.1 Å². The second-order valence-electron chi connectivity index (χ2n) is 5.60. The van der Waals surface area contributed by atoms with Gasteiger partial charge in [0, 0.05) is 12.2 Å². The molecule has 0 aliphatic rings. The summed E-state index contributed by atoms with van der Waals surface area (Å²) in [6.45, 7) is 9.01. The minimum Gasteiger partial charge on any atom is -0.489 e. The fourth-order valence-electron chi connectivity index (χ4n) is 2.20. The highest BCUT2D eigenvalue weighted by atomic mass is 35.5. The lowest BCUT2D eigenvalue weighted by Gasteiger charge is -2.14. The molecule has 3 heteroatoms. The molecule has 21 heavy (non-hydrogen) atoms. The van der Waals surface area contributed by atoms with Gasteiger partial charge in [-0.3, -0.25) is 0 Å². The zero-order valence-electron chi connectivity index (χ0n) is 13.0. The molecule has 0 aliphatic heterocycles. The van der Waals surface area contributed by atoms with E-state index in [1.807, 2.05) is 32.0 Å². The summed E-state index contributed by atoms with van der Waals surface area (Å²) in [6, 6.07) is 12.3. The van der Waals surface area contributed by atoms with Gasteiger partial charge in [-0.25, -0.2) is 0 Å². The monoisotopic (exact) mass is 303 g/mol. The standard InChI is InChI=1S/C18H22ClNO/c1-12(2)21-18-8-7-16(10-17(18)19)20-11-15-6-5-13(3)9-14(15)4/h5-10,12,20H,11H2,1-4H3. The molecule has 0 atom stereocenters. The first-order valence-electron chi connectivity index (χ1n) is 7.22. The van der Waals surface area contributed by atoms with E-state index < -0.39 is 0 Å². The van der Waals surface area contributed by atoms with Gasteiger partial charge >= 0.3 is 0 Å². The van der Waals surface area contributed by atoms with Crippen molar-refractivity contribution in [1.29, 1.82) is 0 Å². The van der Waals surface area contributed by atoms with E-state index in [1.54, 1.807) is 0 Å². The second-order valence-corrected chi connectivity index (χ2v) is 6.00. The highest BCUT2D eigenvalue weighted by molar-refractivity contribution is 6.32.